The van der Waals surface area contributed by atoms with Crippen molar-refractivity contribution in [1.82, 2.24) is 0 Å². The molecule has 0 spiro atoms. The molecule has 142 valence electrons. The zero-order chi connectivity index (χ0) is 19.9. The van der Waals surface area contributed by atoms with Crippen molar-refractivity contribution in [2.24, 2.45) is 0 Å². The third-order valence-corrected chi connectivity index (χ3v) is 4.69. The molecule has 3 rings (SSSR count). The van der Waals surface area contributed by atoms with E-state index in [4.69, 9.17) is 0 Å². The molecule has 3 aromatic carbocycles. The maximum atomic E-state index is 12.6. The van der Waals surface area contributed by atoms with Crippen molar-refractivity contribution < 1.29 is 9.59 Å². The molecule has 2 amide bonds. The average Bonchev–Trinajstić information content (AvgIpc) is 2.74. The Morgan fingerprint density at radius 1 is 0.857 bits per heavy atom. The molecule has 3 aromatic rings. The SMILES string of the molecule is CN(C(=O)c1ccc(NCC(=O)Nc2ccc(Br)cc2)cc1)c1ccccc1. The number of nitrogens with one attached hydrogen (secondary N) is 2. The van der Waals surface area contributed by atoms with Gasteiger partial charge >= 0.3 is 0 Å². The molecule has 0 aliphatic heterocycles. The van der Waals surface area contributed by atoms with Gasteiger partial charge in [0.1, 0.15) is 0 Å². The summed E-state index contributed by atoms with van der Waals surface area (Å²) < 4.78 is 0.955. The van der Waals surface area contributed by atoms with Crippen molar-refractivity contribution in [2.45, 2.75) is 0 Å². The van der Waals surface area contributed by atoms with Crippen LogP contribution in [0.2, 0.25) is 0 Å². The third-order valence-electron chi connectivity index (χ3n) is 4.16. The van der Waals surface area contributed by atoms with E-state index in [0.717, 1.165) is 21.5 Å². The molecule has 28 heavy (non-hydrogen) atoms. The van der Waals surface area contributed by atoms with E-state index in [0.29, 0.717) is 5.56 Å². The van der Waals surface area contributed by atoms with Crippen molar-refractivity contribution in [3.63, 3.8) is 0 Å². The van der Waals surface area contributed by atoms with E-state index in [9.17, 15) is 9.59 Å². The van der Waals surface area contributed by atoms with Gasteiger partial charge in [0, 0.05) is 34.1 Å². The Hall–Kier alpha value is -3.12. The van der Waals surface area contributed by atoms with Crippen molar-refractivity contribution >= 4 is 44.8 Å². The Kier molecular flexibility index (Phi) is 6.45. The topological polar surface area (TPSA) is 61.4 Å². The number of halogens is 1. The smallest absolute Gasteiger partial charge is 0.258 e. The molecule has 0 aliphatic carbocycles. The number of carbonyl (C=O) groups excluding carboxylic acids is 2. The standard InChI is InChI=1S/C22H20BrN3O2/c1-26(20-5-3-2-4-6-20)22(28)16-7-11-18(12-8-16)24-15-21(27)25-19-13-9-17(23)10-14-19/h2-14,24H,15H2,1H3,(H,25,27). The number of para-hydroxylation sites is 1. The van der Waals surface area contributed by atoms with Crippen LogP contribution >= 0.6 is 15.9 Å². The first kappa shape index (κ1) is 19.6. The van der Waals surface area contributed by atoms with Gasteiger partial charge in [0.15, 0.2) is 0 Å². The van der Waals surface area contributed by atoms with E-state index in [2.05, 4.69) is 26.6 Å². The fraction of sp³-hybridized carbons (Fsp3) is 0.0909. The van der Waals surface area contributed by atoms with Crippen molar-refractivity contribution in [3.8, 4) is 0 Å². The van der Waals surface area contributed by atoms with Crippen LogP contribution in [0, 0.1) is 0 Å². The Bertz CT molecular complexity index is 942. The van der Waals surface area contributed by atoms with Crippen LogP contribution in [0.1, 0.15) is 10.4 Å². The minimum Gasteiger partial charge on any atom is -0.376 e. The highest BCUT2D eigenvalue weighted by atomic mass is 79.9. The van der Waals surface area contributed by atoms with Crippen LogP contribution < -0.4 is 15.5 Å². The van der Waals surface area contributed by atoms with Crippen LogP contribution in [-0.2, 0) is 4.79 Å². The predicted molar refractivity (Wildman–Crippen MR) is 117 cm³/mol. The van der Waals surface area contributed by atoms with Gasteiger partial charge in [-0.15, -0.1) is 0 Å². The second kappa shape index (κ2) is 9.19. The zero-order valence-corrected chi connectivity index (χ0v) is 16.9. The first-order valence-corrected chi connectivity index (χ1v) is 9.55. The molecule has 6 heteroatoms. The maximum Gasteiger partial charge on any atom is 0.258 e. The summed E-state index contributed by atoms with van der Waals surface area (Å²) >= 11 is 3.36. The summed E-state index contributed by atoms with van der Waals surface area (Å²) in [4.78, 5) is 26.2. The van der Waals surface area contributed by atoms with Crippen LogP contribution in [0.15, 0.2) is 83.3 Å². The fourth-order valence-corrected chi connectivity index (χ4v) is 2.88. The Balaban J connectivity index is 1.54. The van der Waals surface area contributed by atoms with Gasteiger partial charge in [-0.3, -0.25) is 9.59 Å². The average molecular weight is 438 g/mol. The quantitative estimate of drug-likeness (QED) is 0.583. The summed E-state index contributed by atoms with van der Waals surface area (Å²) in [5.74, 6) is -0.239. The van der Waals surface area contributed by atoms with E-state index in [1.54, 1.807) is 36.2 Å². The minimum absolute atomic E-state index is 0.0919. The third kappa shape index (κ3) is 5.20. The van der Waals surface area contributed by atoms with Crippen LogP contribution in [0.4, 0.5) is 17.1 Å². The summed E-state index contributed by atoms with van der Waals surface area (Å²) in [6.07, 6.45) is 0. The van der Waals surface area contributed by atoms with Crippen LogP contribution in [0.5, 0.6) is 0 Å². The fourth-order valence-electron chi connectivity index (χ4n) is 2.61. The molecule has 0 unspecified atom stereocenters. The van der Waals surface area contributed by atoms with Gasteiger partial charge in [0.05, 0.1) is 6.54 Å². The number of carbonyl (C=O) groups is 2. The lowest BCUT2D eigenvalue weighted by Crippen LogP contribution is -2.26. The molecule has 5 nitrogen and oxygen atoms in total. The summed E-state index contributed by atoms with van der Waals surface area (Å²) in [5.41, 5.74) is 2.92. The van der Waals surface area contributed by atoms with Crippen LogP contribution in [0.25, 0.3) is 0 Å². The number of amides is 2. The van der Waals surface area contributed by atoms with Crippen molar-refractivity contribution in [1.29, 1.82) is 0 Å². The maximum absolute atomic E-state index is 12.6. The highest BCUT2D eigenvalue weighted by Gasteiger charge is 2.13. The molecule has 0 saturated heterocycles. The first-order chi connectivity index (χ1) is 13.5. The largest absolute Gasteiger partial charge is 0.376 e. The molecular weight excluding hydrogens is 418 g/mol. The Morgan fingerprint density at radius 3 is 2.11 bits per heavy atom. The Morgan fingerprint density at radius 2 is 1.46 bits per heavy atom. The predicted octanol–water partition coefficient (Wildman–Crippen LogP) is 4.78. The van der Waals surface area contributed by atoms with E-state index >= 15 is 0 Å². The second-order valence-electron chi connectivity index (χ2n) is 6.19. The number of rotatable bonds is 6. The van der Waals surface area contributed by atoms with Crippen LogP contribution in [-0.4, -0.2) is 25.4 Å². The molecule has 0 saturated carbocycles. The second-order valence-corrected chi connectivity index (χ2v) is 7.10. The Labute approximate surface area is 172 Å². The molecule has 0 bridgehead atoms. The summed E-state index contributed by atoms with van der Waals surface area (Å²) in [7, 11) is 1.75. The summed E-state index contributed by atoms with van der Waals surface area (Å²) in [6, 6.07) is 23.9. The minimum atomic E-state index is -0.147. The number of nitrogens with zero attached hydrogens (tertiary/aromatic N) is 1. The first-order valence-electron chi connectivity index (χ1n) is 8.75. The lowest BCUT2D eigenvalue weighted by molar-refractivity contribution is -0.114. The normalized spacial score (nSPS) is 10.2. The van der Waals surface area contributed by atoms with Gasteiger partial charge in [-0.25, -0.2) is 0 Å². The molecule has 0 fully saturated rings. The molecule has 0 aliphatic rings. The van der Waals surface area contributed by atoms with E-state index in [1.807, 2.05) is 54.6 Å². The van der Waals surface area contributed by atoms with Crippen molar-refractivity contribution in [3.05, 3.63) is 88.9 Å². The summed E-state index contributed by atoms with van der Waals surface area (Å²) in [6.45, 7) is 0.132. The zero-order valence-electron chi connectivity index (χ0n) is 15.4. The highest BCUT2D eigenvalue weighted by molar-refractivity contribution is 9.10. The monoisotopic (exact) mass is 437 g/mol. The van der Waals surface area contributed by atoms with Gasteiger partial charge in [-0.1, -0.05) is 34.1 Å². The molecule has 0 radical (unpaired) electrons. The molecule has 0 heterocycles. The lowest BCUT2D eigenvalue weighted by Gasteiger charge is -2.17. The molecule has 0 atom stereocenters. The molecule has 0 aromatic heterocycles. The van der Waals surface area contributed by atoms with Crippen molar-refractivity contribution in [2.75, 3.05) is 29.1 Å². The van der Waals surface area contributed by atoms with Crippen LogP contribution in [0.3, 0.4) is 0 Å². The van der Waals surface area contributed by atoms with Gasteiger partial charge in [0.2, 0.25) is 5.91 Å². The number of hydrogen-bond donors (Lipinski definition) is 2. The van der Waals surface area contributed by atoms with Gasteiger partial charge < -0.3 is 15.5 Å². The van der Waals surface area contributed by atoms with Gasteiger partial charge in [0.25, 0.3) is 5.91 Å². The summed E-state index contributed by atoms with van der Waals surface area (Å²) in [5, 5.41) is 5.88. The van der Waals surface area contributed by atoms with Gasteiger partial charge in [-0.2, -0.15) is 0 Å². The number of hydrogen-bond acceptors (Lipinski definition) is 3. The van der Waals surface area contributed by atoms with E-state index < -0.39 is 0 Å². The van der Waals surface area contributed by atoms with Gasteiger partial charge in [-0.05, 0) is 60.7 Å². The highest BCUT2D eigenvalue weighted by Crippen LogP contribution is 2.17. The van der Waals surface area contributed by atoms with E-state index in [1.165, 1.54) is 0 Å². The molecule has 2 N–H and O–H groups in total. The number of anilines is 3. The number of benzene rings is 3. The molecular formula is C22H20BrN3O2. The van der Waals surface area contributed by atoms with E-state index in [-0.39, 0.29) is 18.4 Å². The lowest BCUT2D eigenvalue weighted by atomic mass is 10.1.